The van der Waals surface area contributed by atoms with Crippen LogP contribution in [-0.4, -0.2) is 47.7 Å². The lowest BCUT2D eigenvalue weighted by Crippen LogP contribution is -2.47. The van der Waals surface area contributed by atoms with E-state index in [9.17, 15) is 4.79 Å². The van der Waals surface area contributed by atoms with Gasteiger partial charge in [-0.15, -0.1) is 0 Å². The fourth-order valence-electron chi connectivity index (χ4n) is 3.92. The lowest BCUT2D eigenvalue weighted by Gasteiger charge is -2.39. The number of piperidine rings is 2. The molecule has 2 aliphatic heterocycles. The molecule has 2 saturated heterocycles. The van der Waals surface area contributed by atoms with Crippen LogP contribution in [0.5, 0.6) is 0 Å². The summed E-state index contributed by atoms with van der Waals surface area (Å²) >= 11 is 0. The lowest BCUT2D eigenvalue weighted by molar-refractivity contribution is -0.130. The monoisotopic (exact) mass is 313 g/mol. The Morgan fingerprint density at radius 3 is 2.39 bits per heavy atom. The molecule has 0 radical (unpaired) electrons. The van der Waals surface area contributed by atoms with Crippen LogP contribution in [0, 0.1) is 11.3 Å². The van der Waals surface area contributed by atoms with Gasteiger partial charge in [-0.05, 0) is 37.2 Å². The molecule has 0 saturated carbocycles. The Labute approximate surface area is 139 Å². The van der Waals surface area contributed by atoms with Gasteiger partial charge in [-0.1, -0.05) is 30.3 Å². The van der Waals surface area contributed by atoms with Gasteiger partial charge >= 0.3 is 0 Å². The number of carbonyl (C=O) groups is 1. The van der Waals surface area contributed by atoms with Crippen LogP contribution in [0.25, 0.3) is 0 Å². The topological polar surface area (TPSA) is 47.4 Å². The Kier molecular flexibility index (Phi) is 4.99. The van der Waals surface area contributed by atoms with E-state index in [0.717, 1.165) is 57.7 Å². The van der Waals surface area contributed by atoms with Crippen molar-refractivity contribution in [1.82, 2.24) is 9.80 Å². The van der Waals surface area contributed by atoms with Crippen LogP contribution in [-0.2, 0) is 4.79 Å². The van der Waals surface area contributed by atoms with E-state index in [1.165, 1.54) is 5.56 Å². The van der Waals surface area contributed by atoms with Crippen molar-refractivity contribution in [3.63, 3.8) is 0 Å². The van der Waals surface area contributed by atoms with Crippen LogP contribution in [0.1, 0.15) is 44.1 Å². The van der Waals surface area contributed by atoms with E-state index in [0.29, 0.717) is 5.92 Å². The molecule has 2 fully saturated rings. The molecule has 1 atom stereocenters. The molecule has 1 aromatic carbocycles. The molecule has 2 aliphatic rings. The normalized spacial score (nSPS) is 22.9. The zero-order chi connectivity index (χ0) is 16.2. The van der Waals surface area contributed by atoms with Crippen molar-refractivity contribution in [2.75, 3.05) is 26.2 Å². The lowest BCUT2D eigenvalue weighted by atomic mass is 9.88. The van der Waals surface area contributed by atoms with Gasteiger partial charge in [-0.25, -0.2) is 0 Å². The number of nitrogens with one attached hydrogen (secondary N) is 1. The molecule has 0 spiro atoms. The van der Waals surface area contributed by atoms with Crippen molar-refractivity contribution in [3.05, 3.63) is 35.9 Å². The van der Waals surface area contributed by atoms with Crippen LogP contribution >= 0.6 is 0 Å². The highest BCUT2D eigenvalue weighted by molar-refractivity contribution is 5.83. The third-order valence-corrected chi connectivity index (χ3v) is 5.36. The van der Waals surface area contributed by atoms with Gasteiger partial charge in [0.2, 0.25) is 5.91 Å². The van der Waals surface area contributed by atoms with E-state index in [1.54, 1.807) is 6.92 Å². The molecule has 1 aromatic rings. The number of benzene rings is 1. The van der Waals surface area contributed by atoms with Gasteiger partial charge in [0.05, 0.1) is 0 Å². The van der Waals surface area contributed by atoms with Gasteiger partial charge in [0.25, 0.3) is 0 Å². The fourth-order valence-corrected chi connectivity index (χ4v) is 3.92. The minimum atomic E-state index is 0.144. The number of amides is 1. The average Bonchev–Trinajstić information content (AvgIpc) is 2.62. The van der Waals surface area contributed by atoms with Crippen LogP contribution in [0.3, 0.4) is 0 Å². The minimum absolute atomic E-state index is 0.144. The van der Waals surface area contributed by atoms with Crippen LogP contribution < -0.4 is 0 Å². The van der Waals surface area contributed by atoms with Gasteiger partial charge in [-0.2, -0.15) is 0 Å². The van der Waals surface area contributed by atoms with Crippen molar-refractivity contribution >= 4 is 11.7 Å². The largest absolute Gasteiger partial charge is 0.360 e. The summed E-state index contributed by atoms with van der Waals surface area (Å²) in [6, 6.07) is 10.7. The Bertz CT molecular complexity index is 549. The highest BCUT2D eigenvalue weighted by Crippen LogP contribution is 2.29. The zero-order valence-corrected chi connectivity index (χ0v) is 14.0. The first-order valence-corrected chi connectivity index (χ1v) is 8.79. The molecule has 1 unspecified atom stereocenters. The number of hydrogen-bond acceptors (Lipinski definition) is 2. The van der Waals surface area contributed by atoms with E-state index in [1.807, 2.05) is 4.90 Å². The SMILES string of the molecule is CC(=O)N1CCCC(C(=N)N2CCC(c3ccccc3)CC2)C1. The summed E-state index contributed by atoms with van der Waals surface area (Å²) in [4.78, 5) is 15.7. The first-order valence-electron chi connectivity index (χ1n) is 8.79. The Morgan fingerprint density at radius 1 is 1.04 bits per heavy atom. The summed E-state index contributed by atoms with van der Waals surface area (Å²) in [7, 11) is 0. The molecule has 1 amide bonds. The smallest absolute Gasteiger partial charge is 0.219 e. The van der Waals surface area contributed by atoms with Gasteiger partial charge < -0.3 is 9.80 Å². The van der Waals surface area contributed by atoms with Crippen molar-refractivity contribution in [1.29, 1.82) is 5.41 Å². The number of nitrogens with zero attached hydrogens (tertiary/aromatic N) is 2. The van der Waals surface area contributed by atoms with Gasteiger partial charge in [0, 0.05) is 39.0 Å². The second kappa shape index (κ2) is 7.16. The Morgan fingerprint density at radius 2 is 1.74 bits per heavy atom. The molecule has 0 aromatic heterocycles. The maximum atomic E-state index is 11.6. The number of likely N-dealkylation sites (tertiary alicyclic amines) is 2. The predicted molar refractivity (Wildman–Crippen MR) is 92.7 cm³/mol. The molecule has 2 heterocycles. The van der Waals surface area contributed by atoms with Gasteiger partial charge in [0.15, 0.2) is 0 Å². The molecular formula is C19H27N3O. The molecule has 3 rings (SSSR count). The fraction of sp³-hybridized carbons (Fsp3) is 0.579. The number of carbonyl (C=O) groups excluding carboxylic acids is 1. The summed E-state index contributed by atoms with van der Waals surface area (Å²) in [5.41, 5.74) is 1.43. The van der Waals surface area contributed by atoms with Crippen molar-refractivity contribution in [3.8, 4) is 0 Å². The first-order chi connectivity index (χ1) is 11.1. The summed E-state index contributed by atoms with van der Waals surface area (Å²) in [5, 5.41) is 8.57. The van der Waals surface area contributed by atoms with E-state index in [2.05, 4.69) is 35.2 Å². The zero-order valence-electron chi connectivity index (χ0n) is 14.0. The van der Waals surface area contributed by atoms with E-state index >= 15 is 0 Å². The van der Waals surface area contributed by atoms with Crippen LogP contribution in [0.4, 0.5) is 0 Å². The third-order valence-electron chi connectivity index (χ3n) is 5.36. The molecular weight excluding hydrogens is 286 g/mol. The van der Waals surface area contributed by atoms with Gasteiger partial charge in [-0.3, -0.25) is 10.2 Å². The summed E-state index contributed by atoms with van der Waals surface area (Å²) in [5.74, 6) is 1.74. The molecule has 4 heteroatoms. The maximum Gasteiger partial charge on any atom is 0.219 e. The van der Waals surface area contributed by atoms with Crippen LogP contribution in [0.15, 0.2) is 30.3 Å². The van der Waals surface area contributed by atoms with E-state index in [-0.39, 0.29) is 11.8 Å². The average molecular weight is 313 g/mol. The quantitative estimate of drug-likeness (QED) is 0.673. The second-order valence-electron chi connectivity index (χ2n) is 6.86. The summed E-state index contributed by atoms with van der Waals surface area (Å²) in [6.07, 6.45) is 4.30. The predicted octanol–water partition coefficient (Wildman–Crippen LogP) is 3.10. The molecule has 4 nitrogen and oxygen atoms in total. The highest BCUT2D eigenvalue weighted by atomic mass is 16.2. The number of amidine groups is 1. The number of rotatable bonds is 2. The first kappa shape index (κ1) is 16.0. The second-order valence-corrected chi connectivity index (χ2v) is 6.86. The van der Waals surface area contributed by atoms with Crippen molar-refractivity contribution in [2.24, 2.45) is 5.92 Å². The Balaban J connectivity index is 1.55. The number of hydrogen-bond donors (Lipinski definition) is 1. The minimum Gasteiger partial charge on any atom is -0.360 e. The van der Waals surface area contributed by atoms with Crippen molar-refractivity contribution < 1.29 is 4.79 Å². The van der Waals surface area contributed by atoms with Crippen LogP contribution in [0.2, 0.25) is 0 Å². The van der Waals surface area contributed by atoms with Crippen molar-refractivity contribution in [2.45, 2.75) is 38.5 Å². The molecule has 0 bridgehead atoms. The standard InChI is InChI=1S/C19H27N3O/c1-15(23)22-11-5-8-18(14-22)19(20)21-12-9-17(10-13-21)16-6-3-2-4-7-16/h2-4,6-7,17-18,20H,5,8-14H2,1H3. The summed E-state index contributed by atoms with van der Waals surface area (Å²) in [6.45, 7) is 5.16. The molecule has 124 valence electrons. The third kappa shape index (κ3) is 3.74. The van der Waals surface area contributed by atoms with E-state index in [4.69, 9.17) is 5.41 Å². The highest BCUT2D eigenvalue weighted by Gasteiger charge is 2.30. The van der Waals surface area contributed by atoms with E-state index < -0.39 is 0 Å². The van der Waals surface area contributed by atoms with Gasteiger partial charge in [0.1, 0.15) is 5.84 Å². The Hall–Kier alpha value is -1.84. The molecule has 23 heavy (non-hydrogen) atoms. The molecule has 1 N–H and O–H groups in total. The molecule has 0 aliphatic carbocycles. The maximum absolute atomic E-state index is 11.6. The summed E-state index contributed by atoms with van der Waals surface area (Å²) < 4.78 is 0.